The molecule has 0 spiro atoms. The van der Waals surface area contributed by atoms with Gasteiger partial charge in [0.15, 0.2) is 5.82 Å². The van der Waals surface area contributed by atoms with Crippen molar-refractivity contribution >= 4 is 11.6 Å². The van der Waals surface area contributed by atoms with Gasteiger partial charge in [0, 0.05) is 32.1 Å². The Morgan fingerprint density at radius 1 is 1.03 bits per heavy atom. The zero-order valence-electron chi connectivity index (χ0n) is 18.8. The minimum atomic E-state index is -1.000. The number of piperazine rings is 1. The predicted octanol–water partition coefficient (Wildman–Crippen LogP) is 2.22. The first-order valence-electron chi connectivity index (χ1n) is 11.0. The fraction of sp³-hybridized carbons (Fsp3) is 0.417. The second kappa shape index (κ2) is 9.58. The van der Waals surface area contributed by atoms with E-state index in [1.165, 1.54) is 22.9 Å². The first-order chi connectivity index (χ1) is 15.5. The zero-order chi connectivity index (χ0) is 22.7. The summed E-state index contributed by atoms with van der Waals surface area (Å²) >= 11 is 0. The second-order valence-corrected chi connectivity index (χ2v) is 8.37. The molecule has 168 valence electrons. The average Bonchev–Trinajstić information content (AvgIpc) is 2.82. The molecule has 0 aliphatic carbocycles. The van der Waals surface area contributed by atoms with Gasteiger partial charge in [-0.3, -0.25) is 4.98 Å². The van der Waals surface area contributed by atoms with Crippen LogP contribution in [-0.4, -0.2) is 62.7 Å². The molecule has 1 aromatic carbocycles. The smallest absolute Gasteiger partial charge is 0.154 e. The number of hydrogen-bond donors (Lipinski definition) is 2. The van der Waals surface area contributed by atoms with E-state index in [0.29, 0.717) is 5.69 Å². The lowest BCUT2D eigenvalue weighted by Crippen LogP contribution is -2.53. The minimum absolute atomic E-state index is 0.206. The average molecular weight is 435 g/mol. The van der Waals surface area contributed by atoms with Crippen LogP contribution in [0, 0.1) is 13.8 Å². The molecular weight excluding hydrogens is 404 g/mol. The summed E-state index contributed by atoms with van der Waals surface area (Å²) in [5.41, 5.74) is 4.99. The van der Waals surface area contributed by atoms with E-state index in [0.717, 1.165) is 43.4 Å². The second-order valence-electron chi connectivity index (χ2n) is 8.37. The third kappa shape index (κ3) is 4.56. The molecular formula is C24H30N6O2. The number of rotatable bonds is 6. The number of aliphatic hydroxyl groups excluding tert-OH is 2. The van der Waals surface area contributed by atoms with Gasteiger partial charge >= 0.3 is 0 Å². The Labute approximate surface area is 188 Å². The van der Waals surface area contributed by atoms with E-state index in [9.17, 15) is 5.11 Å². The summed E-state index contributed by atoms with van der Waals surface area (Å²) in [6.45, 7) is 8.43. The predicted molar refractivity (Wildman–Crippen MR) is 124 cm³/mol. The maximum absolute atomic E-state index is 9.71. The van der Waals surface area contributed by atoms with Gasteiger partial charge in [0.1, 0.15) is 11.9 Å². The van der Waals surface area contributed by atoms with Crippen molar-refractivity contribution in [1.29, 1.82) is 0 Å². The van der Waals surface area contributed by atoms with Crippen LogP contribution in [0.1, 0.15) is 41.1 Å². The highest BCUT2D eigenvalue weighted by Crippen LogP contribution is 2.26. The summed E-state index contributed by atoms with van der Waals surface area (Å²) < 4.78 is 0. The Balaban J connectivity index is 1.46. The Bertz CT molecular complexity index is 1040. The molecule has 32 heavy (non-hydrogen) atoms. The molecule has 1 aliphatic rings. The van der Waals surface area contributed by atoms with Gasteiger partial charge in [-0.1, -0.05) is 30.3 Å². The van der Waals surface area contributed by atoms with Gasteiger partial charge in [0.05, 0.1) is 30.4 Å². The highest BCUT2D eigenvalue weighted by Gasteiger charge is 2.27. The van der Waals surface area contributed by atoms with Crippen LogP contribution in [0.5, 0.6) is 0 Å². The molecule has 2 atom stereocenters. The zero-order valence-corrected chi connectivity index (χ0v) is 18.8. The first-order valence-corrected chi connectivity index (χ1v) is 11.0. The van der Waals surface area contributed by atoms with E-state index >= 15 is 0 Å². The summed E-state index contributed by atoms with van der Waals surface area (Å²) in [6.07, 6.45) is 2.97. The Hall–Kier alpha value is -3.10. The van der Waals surface area contributed by atoms with Gasteiger partial charge in [-0.05, 0) is 37.5 Å². The van der Waals surface area contributed by atoms with Crippen LogP contribution >= 0.6 is 0 Å². The highest BCUT2D eigenvalue weighted by atomic mass is 16.3. The number of nitrogens with zero attached hydrogens (tertiary/aromatic N) is 6. The van der Waals surface area contributed by atoms with Crippen molar-refractivity contribution in [2.24, 2.45) is 0 Å². The topological polar surface area (TPSA) is 98.5 Å². The van der Waals surface area contributed by atoms with Gasteiger partial charge in [0.25, 0.3) is 0 Å². The summed E-state index contributed by atoms with van der Waals surface area (Å²) in [4.78, 5) is 13.2. The van der Waals surface area contributed by atoms with Crippen LogP contribution in [0.25, 0.3) is 0 Å². The molecule has 3 aromatic rings. The minimum Gasteiger partial charge on any atom is -0.393 e. The van der Waals surface area contributed by atoms with Crippen molar-refractivity contribution in [2.75, 3.05) is 36.0 Å². The van der Waals surface area contributed by atoms with Crippen LogP contribution in [-0.2, 0) is 6.42 Å². The lowest BCUT2D eigenvalue weighted by Gasteiger charge is -2.41. The van der Waals surface area contributed by atoms with Crippen molar-refractivity contribution in [3.05, 3.63) is 70.8 Å². The quantitative estimate of drug-likeness (QED) is 0.609. The molecule has 2 aromatic heterocycles. The van der Waals surface area contributed by atoms with Gasteiger partial charge in [0.2, 0.25) is 0 Å². The Morgan fingerprint density at radius 2 is 1.81 bits per heavy atom. The monoisotopic (exact) mass is 434 g/mol. The van der Waals surface area contributed by atoms with Crippen molar-refractivity contribution in [2.45, 2.75) is 39.3 Å². The van der Waals surface area contributed by atoms with Crippen LogP contribution in [0.15, 0.2) is 42.7 Å². The maximum Gasteiger partial charge on any atom is 0.154 e. The van der Waals surface area contributed by atoms with E-state index in [1.54, 1.807) is 6.20 Å². The van der Waals surface area contributed by atoms with E-state index in [-0.39, 0.29) is 12.6 Å². The molecule has 0 bridgehead atoms. The summed E-state index contributed by atoms with van der Waals surface area (Å²) in [6, 6.07) is 10.6. The SMILES string of the molecule is Cc1c(Cc2ccccc2)nnc(N2CCN(c3cnc(C(O)CO)cn3)[C@H](C)C2)c1C. The molecule has 1 saturated heterocycles. The lowest BCUT2D eigenvalue weighted by molar-refractivity contribution is 0.0919. The Morgan fingerprint density at radius 3 is 2.47 bits per heavy atom. The van der Waals surface area contributed by atoms with Gasteiger partial charge in [-0.15, -0.1) is 5.10 Å². The van der Waals surface area contributed by atoms with E-state index in [2.05, 4.69) is 62.9 Å². The molecule has 0 radical (unpaired) electrons. The van der Waals surface area contributed by atoms with Crippen LogP contribution in [0.4, 0.5) is 11.6 Å². The van der Waals surface area contributed by atoms with Crippen LogP contribution < -0.4 is 9.80 Å². The fourth-order valence-corrected chi connectivity index (χ4v) is 4.13. The molecule has 8 heteroatoms. The molecule has 0 saturated carbocycles. The Kier molecular flexibility index (Phi) is 6.62. The number of hydrogen-bond acceptors (Lipinski definition) is 8. The molecule has 0 amide bonds. The number of aliphatic hydroxyl groups is 2. The third-order valence-corrected chi connectivity index (χ3v) is 6.20. The van der Waals surface area contributed by atoms with E-state index < -0.39 is 6.10 Å². The molecule has 3 heterocycles. The number of anilines is 2. The molecule has 8 nitrogen and oxygen atoms in total. The molecule has 1 unspecified atom stereocenters. The molecule has 4 rings (SSSR count). The van der Waals surface area contributed by atoms with Crippen LogP contribution in [0.3, 0.4) is 0 Å². The normalized spacial score (nSPS) is 17.5. The number of aromatic nitrogens is 4. The van der Waals surface area contributed by atoms with Gasteiger partial charge in [-0.25, -0.2) is 4.98 Å². The van der Waals surface area contributed by atoms with Crippen molar-refractivity contribution in [3.63, 3.8) is 0 Å². The van der Waals surface area contributed by atoms with E-state index in [4.69, 9.17) is 5.11 Å². The van der Waals surface area contributed by atoms with Crippen molar-refractivity contribution in [1.82, 2.24) is 20.2 Å². The first kappa shape index (κ1) is 22.1. The van der Waals surface area contributed by atoms with Crippen LogP contribution in [0.2, 0.25) is 0 Å². The van der Waals surface area contributed by atoms with E-state index in [1.807, 2.05) is 18.2 Å². The molecule has 1 fully saturated rings. The highest BCUT2D eigenvalue weighted by molar-refractivity contribution is 5.53. The molecule has 1 aliphatic heterocycles. The largest absolute Gasteiger partial charge is 0.393 e. The maximum atomic E-state index is 9.71. The van der Waals surface area contributed by atoms with Gasteiger partial charge < -0.3 is 20.0 Å². The molecule has 2 N–H and O–H groups in total. The summed E-state index contributed by atoms with van der Waals surface area (Å²) in [5.74, 6) is 1.71. The number of benzene rings is 1. The summed E-state index contributed by atoms with van der Waals surface area (Å²) in [7, 11) is 0. The third-order valence-electron chi connectivity index (χ3n) is 6.20. The van der Waals surface area contributed by atoms with Gasteiger partial charge in [-0.2, -0.15) is 5.10 Å². The van der Waals surface area contributed by atoms with Crippen molar-refractivity contribution < 1.29 is 10.2 Å². The lowest BCUT2D eigenvalue weighted by atomic mass is 10.0. The summed E-state index contributed by atoms with van der Waals surface area (Å²) in [5, 5.41) is 28.0. The van der Waals surface area contributed by atoms with Crippen molar-refractivity contribution in [3.8, 4) is 0 Å². The fourth-order valence-electron chi connectivity index (χ4n) is 4.13. The standard InChI is InChI=1S/C24H30N6O2/c1-16-14-29(9-10-30(16)23-13-25-21(12-26-23)22(32)15-31)24-18(3)17(2)20(27-28-24)11-19-7-5-4-6-8-19/h4-8,12-13,16,22,31-32H,9-11,14-15H2,1-3H3/t16-,22?/m1/s1.